The molecule has 0 aromatic rings. The van der Waals surface area contributed by atoms with Crippen LogP contribution in [0.1, 0.15) is 26.7 Å². The molecule has 0 aliphatic carbocycles. The zero-order valence-electron chi connectivity index (χ0n) is 7.84. The van der Waals surface area contributed by atoms with Gasteiger partial charge < -0.3 is 5.32 Å². The molecule has 1 saturated heterocycles. The number of nitrogens with zero attached hydrogens (tertiary/aromatic N) is 1. The van der Waals surface area contributed by atoms with Crippen molar-refractivity contribution in [2.24, 2.45) is 0 Å². The normalized spacial score (nSPS) is 21.8. The number of amides is 1. The number of piperidine rings is 1. The Hall–Kier alpha value is -0.570. The van der Waals surface area contributed by atoms with Crippen LogP contribution >= 0.6 is 0 Å². The van der Waals surface area contributed by atoms with E-state index in [2.05, 4.69) is 16.6 Å². The smallest absolute Gasteiger partial charge is 0.218 e. The average Bonchev–Trinajstić information content (AvgIpc) is 2.05. The molecule has 1 aliphatic rings. The molecule has 1 rings (SSSR count). The molecular formula is C9H17N2O. The van der Waals surface area contributed by atoms with Crippen LogP contribution in [-0.2, 0) is 4.79 Å². The molecule has 12 heavy (non-hydrogen) atoms. The molecule has 0 aromatic heterocycles. The van der Waals surface area contributed by atoms with Crippen LogP contribution in [0.5, 0.6) is 0 Å². The first kappa shape index (κ1) is 9.52. The van der Waals surface area contributed by atoms with E-state index in [0.29, 0.717) is 0 Å². The van der Waals surface area contributed by atoms with E-state index in [1.54, 1.807) is 6.92 Å². The van der Waals surface area contributed by atoms with E-state index < -0.39 is 0 Å². The first-order valence-electron chi connectivity index (χ1n) is 4.53. The van der Waals surface area contributed by atoms with Gasteiger partial charge in [0.1, 0.15) is 0 Å². The van der Waals surface area contributed by atoms with E-state index in [-0.39, 0.29) is 12.1 Å². The van der Waals surface area contributed by atoms with Crippen LogP contribution in [0.4, 0.5) is 0 Å². The highest BCUT2D eigenvalue weighted by molar-refractivity contribution is 5.73. The van der Waals surface area contributed by atoms with Crippen LogP contribution in [0.25, 0.3) is 0 Å². The van der Waals surface area contributed by atoms with Gasteiger partial charge >= 0.3 is 0 Å². The molecule has 1 N–H and O–H groups in total. The Morgan fingerprint density at radius 2 is 2.08 bits per heavy atom. The molecule has 0 saturated carbocycles. The second-order valence-electron chi connectivity index (χ2n) is 3.28. The molecular weight excluding hydrogens is 152 g/mol. The highest BCUT2D eigenvalue weighted by atomic mass is 16.1. The van der Waals surface area contributed by atoms with Crippen molar-refractivity contribution in [3.8, 4) is 0 Å². The van der Waals surface area contributed by atoms with Gasteiger partial charge in [-0.05, 0) is 26.2 Å². The lowest BCUT2D eigenvalue weighted by atomic mass is 10.1. The van der Waals surface area contributed by atoms with Crippen LogP contribution in [0.3, 0.4) is 0 Å². The summed E-state index contributed by atoms with van der Waals surface area (Å²) in [4.78, 5) is 13.0. The van der Waals surface area contributed by atoms with E-state index in [1.807, 2.05) is 6.92 Å². The lowest BCUT2D eigenvalue weighted by molar-refractivity contribution is -0.120. The minimum atomic E-state index is 0.0528. The van der Waals surface area contributed by atoms with Gasteiger partial charge in [0, 0.05) is 20.0 Å². The van der Waals surface area contributed by atoms with Gasteiger partial charge in [-0.15, -0.1) is 0 Å². The zero-order chi connectivity index (χ0) is 8.97. The summed E-state index contributed by atoms with van der Waals surface area (Å²) in [5.41, 5.74) is 0. The van der Waals surface area contributed by atoms with Gasteiger partial charge in [-0.3, -0.25) is 9.69 Å². The molecule has 1 atom stereocenters. The van der Waals surface area contributed by atoms with Gasteiger partial charge in [0.2, 0.25) is 5.91 Å². The Bertz CT molecular complexity index is 153. The summed E-state index contributed by atoms with van der Waals surface area (Å²) >= 11 is 0. The van der Waals surface area contributed by atoms with Gasteiger partial charge in [0.15, 0.2) is 0 Å². The number of nitrogens with one attached hydrogen (secondary N) is 1. The molecule has 3 heteroatoms. The van der Waals surface area contributed by atoms with Crippen molar-refractivity contribution in [2.45, 2.75) is 32.9 Å². The van der Waals surface area contributed by atoms with Gasteiger partial charge in [-0.2, -0.15) is 0 Å². The van der Waals surface area contributed by atoms with Crippen molar-refractivity contribution in [2.75, 3.05) is 13.1 Å². The van der Waals surface area contributed by atoms with Crippen molar-refractivity contribution in [1.82, 2.24) is 10.2 Å². The van der Waals surface area contributed by atoms with Gasteiger partial charge in [-0.1, -0.05) is 0 Å². The van der Waals surface area contributed by atoms with E-state index in [9.17, 15) is 4.79 Å². The van der Waals surface area contributed by atoms with Crippen LogP contribution < -0.4 is 5.32 Å². The molecule has 3 nitrogen and oxygen atoms in total. The van der Waals surface area contributed by atoms with E-state index in [0.717, 1.165) is 25.9 Å². The summed E-state index contributed by atoms with van der Waals surface area (Å²) in [6, 6.07) is 0. The lowest BCUT2D eigenvalue weighted by Crippen LogP contribution is -2.47. The Labute approximate surface area is 74.1 Å². The largest absolute Gasteiger partial charge is 0.341 e. The van der Waals surface area contributed by atoms with Gasteiger partial charge in [0.05, 0.1) is 6.17 Å². The van der Waals surface area contributed by atoms with Crippen LogP contribution in [0, 0.1) is 6.42 Å². The predicted octanol–water partition coefficient (Wildman–Crippen LogP) is 0.769. The number of rotatable bonds is 2. The molecule has 1 radical (unpaired) electrons. The maximum absolute atomic E-state index is 10.8. The average molecular weight is 169 g/mol. The Kier molecular flexibility index (Phi) is 3.53. The molecule has 1 heterocycles. The molecule has 0 aromatic carbocycles. The summed E-state index contributed by atoms with van der Waals surface area (Å²) in [6.45, 7) is 5.74. The fourth-order valence-electron chi connectivity index (χ4n) is 1.54. The monoisotopic (exact) mass is 169 g/mol. The lowest BCUT2D eigenvalue weighted by Gasteiger charge is -2.32. The summed E-state index contributed by atoms with van der Waals surface area (Å²) in [5, 5.41) is 2.89. The van der Waals surface area contributed by atoms with Crippen LogP contribution in [0.2, 0.25) is 0 Å². The Morgan fingerprint density at radius 3 is 2.58 bits per heavy atom. The fraction of sp³-hybridized carbons (Fsp3) is 0.778. The molecule has 0 bridgehead atoms. The third-order valence-electron chi connectivity index (χ3n) is 2.20. The predicted molar refractivity (Wildman–Crippen MR) is 48.4 cm³/mol. The molecule has 1 amide bonds. The Balaban J connectivity index is 2.29. The maximum atomic E-state index is 10.8. The second kappa shape index (κ2) is 4.45. The molecule has 69 valence electrons. The van der Waals surface area contributed by atoms with Gasteiger partial charge in [-0.25, -0.2) is 0 Å². The second-order valence-corrected chi connectivity index (χ2v) is 3.28. The topological polar surface area (TPSA) is 32.3 Å². The maximum Gasteiger partial charge on any atom is 0.218 e. The number of hydrogen-bond acceptors (Lipinski definition) is 2. The number of carbonyl (C=O) groups excluding carboxylic acids is 1. The van der Waals surface area contributed by atoms with Crippen molar-refractivity contribution < 1.29 is 4.79 Å². The van der Waals surface area contributed by atoms with Crippen molar-refractivity contribution in [3.05, 3.63) is 6.42 Å². The third-order valence-corrected chi connectivity index (χ3v) is 2.20. The van der Waals surface area contributed by atoms with Crippen molar-refractivity contribution >= 4 is 5.91 Å². The number of carbonyl (C=O) groups is 1. The minimum Gasteiger partial charge on any atom is -0.341 e. The molecule has 0 spiro atoms. The zero-order valence-corrected chi connectivity index (χ0v) is 7.84. The summed E-state index contributed by atoms with van der Waals surface area (Å²) in [7, 11) is 0. The third kappa shape index (κ3) is 2.81. The SMILES string of the molecule is CC(=O)NC(C)N1CC[CH]CC1. The number of likely N-dealkylation sites (tertiary alicyclic amines) is 1. The summed E-state index contributed by atoms with van der Waals surface area (Å²) in [5.74, 6) is 0.0528. The standard InChI is InChI=1S/C9H17N2O/c1-8(10-9(2)12)11-6-4-3-5-7-11/h3,8H,4-7H2,1-2H3,(H,10,12). The quantitative estimate of drug-likeness (QED) is 0.662. The highest BCUT2D eigenvalue weighted by Crippen LogP contribution is 2.09. The van der Waals surface area contributed by atoms with E-state index in [1.165, 1.54) is 0 Å². The summed E-state index contributed by atoms with van der Waals surface area (Å²) in [6.07, 6.45) is 4.78. The van der Waals surface area contributed by atoms with Crippen LogP contribution in [0.15, 0.2) is 0 Å². The first-order chi connectivity index (χ1) is 5.70. The molecule has 1 fully saturated rings. The van der Waals surface area contributed by atoms with E-state index >= 15 is 0 Å². The fourth-order valence-corrected chi connectivity index (χ4v) is 1.54. The van der Waals surface area contributed by atoms with Crippen molar-refractivity contribution in [1.29, 1.82) is 0 Å². The Morgan fingerprint density at radius 1 is 1.50 bits per heavy atom. The van der Waals surface area contributed by atoms with Crippen LogP contribution in [-0.4, -0.2) is 30.1 Å². The highest BCUT2D eigenvalue weighted by Gasteiger charge is 2.16. The van der Waals surface area contributed by atoms with E-state index in [4.69, 9.17) is 0 Å². The number of hydrogen-bond donors (Lipinski definition) is 1. The van der Waals surface area contributed by atoms with Crippen molar-refractivity contribution in [3.63, 3.8) is 0 Å². The molecule has 1 aliphatic heterocycles. The minimum absolute atomic E-state index is 0.0528. The first-order valence-corrected chi connectivity index (χ1v) is 4.53. The molecule has 1 unspecified atom stereocenters. The van der Waals surface area contributed by atoms with Gasteiger partial charge in [0.25, 0.3) is 0 Å². The summed E-state index contributed by atoms with van der Waals surface area (Å²) < 4.78 is 0.